The minimum Gasteiger partial charge on any atom is -0.483 e. The van der Waals surface area contributed by atoms with Crippen LogP contribution in [0.1, 0.15) is 30.4 Å². The Morgan fingerprint density at radius 1 is 1.24 bits per heavy atom. The molecule has 1 heterocycles. The van der Waals surface area contributed by atoms with Gasteiger partial charge in [0.15, 0.2) is 5.76 Å². The Kier molecular flexibility index (Phi) is 6.26. The van der Waals surface area contributed by atoms with Gasteiger partial charge >= 0.3 is 0 Å². The Balaban J connectivity index is 2.02. The number of ether oxygens (including phenoxy) is 1. The van der Waals surface area contributed by atoms with Crippen molar-refractivity contribution in [1.82, 2.24) is 10.5 Å². The fourth-order valence-electron chi connectivity index (χ4n) is 1.89. The minimum absolute atomic E-state index is 0.353. The van der Waals surface area contributed by atoms with Crippen LogP contribution in [0, 0.1) is 6.92 Å². The van der Waals surface area contributed by atoms with Crippen LogP contribution in [0.5, 0.6) is 5.75 Å². The van der Waals surface area contributed by atoms with E-state index >= 15 is 0 Å². The topological polar surface area (TPSA) is 47.3 Å². The van der Waals surface area contributed by atoms with Gasteiger partial charge in [-0.3, -0.25) is 0 Å². The number of aromatic nitrogens is 1. The van der Waals surface area contributed by atoms with Crippen LogP contribution in [-0.4, -0.2) is 11.7 Å². The molecule has 0 atom stereocenters. The van der Waals surface area contributed by atoms with Crippen LogP contribution in [0.15, 0.2) is 31.7 Å². The van der Waals surface area contributed by atoms with E-state index in [0.717, 1.165) is 39.9 Å². The van der Waals surface area contributed by atoms with Crippen molar-refractivity contribution < 1.29 is 9.26 Å². The molecule has 1 N–H and O–H groups in total. The van der Waals surface area contributed by atoms with E-state index in [9.17, 15) is 0 Å². The number of benzene rings is 1. The molecule has 0 radical (unpaired) electrons. The highest BCUT2D eigenvalue weighted by Gasteiger charge is 2.10. The average molecular weight is 418 g/mol. The number of halogens is 2. The van der Waals surface area contributed by atoms with Crippen LogP contribution in [0.25, 0.3) is 0 Å². The highest BCUT2D eigenvalue weighted by molar-refractivity contribution is 9.11. The summed E-state index contributed by atoms with van der Waals surface area (Å²) >= 11 is 7.11. The summed E-state index contributed by atoms with van der Waals surface area (Å²) in [5.41, 5.74) is 2.05. The van der Waals surface area contributed by atoms with Gasteiger partial charge in [0.25, 0.3) is 0 Å². The molecule has 2 rings (SSSR count). The molecule has 0 saturated heterocycles. The monoisotopic (exact) mass is 416 g/mol. The molecule has 6 heteroatoms. The van der Waals surface area contributed by atoms with Gasteiger partial charge in [-0.2, -0.15) is 0 Å². The van der Waals surface area contributed by atoms with Crippen LogP contribution in [-0.2, 0) is 13.2 Å². The van der Waals surface area contributed by atoms with Crippen molar-refractivity contribution in [3.63, 3.8) is 0 Å². The summed E-state index contributed by atoms with van der Waals surface area (Å²) in [5, 5.41) is 7.22. The number of aryl methyl sites for hydroxylation is 1. The van der Waals surface area contributed by atoms with E-state index in [1.54, 1.807) is 0 Å². The second-order valence-electron chi connectivity index (χ2n) is 4.79. The zero-order valence-electron chi connectivity index (χ0n) is 12.1. The number of hydrogen-bond acceptors (Lipinski definition) is 4. The van der Waals surface area contributed by atoms with Crippen molar-refractivity contribution in [1.29, 1.82) is 0 Å². The number of nitrogens with zero attached hydrogens (tertiary/aromatic N) is 1. The SMILES string of the molecule is CCCNCc1cc(Br)c(OCc2cc(C)no2)c(Br)c1. The molecule has 0 bridgehead atoms. The van der Waals surface area contributed by atoms with E-state index in [1.807, 2.05) is 13.0 Å². The number of hydrogen-bond donors (Lipinski definition) is 1. The molecule has 0 aliphatic rings. The van der Waals surface area contributed by atoms with Crippen LogP contribution in [0.2, 0.25) is 0 Å². The van der Waals surface area contributed by atoms with Gasteiger partial charge in [-0.15, -0.1) is 0 Å². The van der Waals surface area contributed by atoms with Gasteiger partial charge in [0.1, 0.15) is 12.4 Å². The largest absolute Gasteiger partial charge is 0.483 e. The summed E-state index contributed by atoms with van der Waals surface area (Å²) in [6.45, 7) is 6.24. The Hall–Kier alpha value is -0.850. The van der Waals surface area contributed by atoms with Gasteiger partial charge in [-0.25, -0.2) is 0 Å². The molecule has 0 amide bonds. The molecule has 0 aliphatic carbocycles. The quantitative estimate of drug-likeness (QED) is 0.669. The third kappa shape index (κ3) is 4.83. The zero-order chi connectivity index (χ0) is 15.2. The van der Waals surface area contributed by atoms with Crippen LogP contribution < -0.4 is 10.1 Å². The van der Waals surface area contributed by atoms with E-state index in [1.165, 1.54) is 5.56 Å². The summed E-state index contributed by atoms with van der Waals surface area (Å²) < 4.78 is 12.8. The third-order valence-electron chi connectivity index (χ3n) is 2.85. The molecular formula is C15H18Br2N2O2. The summed E-state index contributed by atoms with van der Waals surface area (Å²) in [6, 6.07) is 5.99. The molecule has 21 heavy (non-hydrogen) atoms. The van der Waals surface area contributed by atoms with E-state index in [-0.39, 0.29) is 0 Å². The highest BCUT2D eigenvalue weighted by atomic mass is 79.9. The first-order valence-electron chi connectivity index (χ1n) is 6.83. The summed E-state index contributed by atoms with van der Waals surface area (Å²) in [4.78, 5) is 0. The standard InChI is InChI=1S/C15H18Br2N2O2/c1-3-4-18-8-11-6-13(16)15(14(17)7-11)20-9-12-5-10(2)19-21-12/h5-7,18H,3-4,8-9H2,1-2H3. The first kappa shape index (κ1) is 16.5. The van der Waals surface area contributed by atoms with Crippen molar-refractivity contribution in [2.75, 3.05) is 6.54 Å². The Labute approximate surface area is 141 Å². The van der Waals surface area contributed by atoms with Crippen LogP contribution in [0.4, 0.5) is 0 Å². The lowest BCUT2D eigenvalue weighted by Gasteiger charge is -2.11. The maximum atomic E-state index is 5.80. The molecular weight excluding hydrogens is 400 g/mol. The van der Waals surface area contributed by atoms with Gasteiger partial charge in [0.05, 0.1) is 14.6 Å². The fourth-order valence-corrected chi connectivity index (χ4v) is 3.40. The third-order valence-corrected chi connectivity index (χ3v) is 4.03. The first-order valence-corrected chi connectivity index (χ1v) is 8.42. The second-order valence-corrected chi connectivity index (χ2v) is 6.50. The lowest BCUT2D eigenvalue weighted by molar-refractivity contribution is 0.246. The molecule has 0 fully saturated rings. The minimum atomic E-state index is 0.353. The average Bonchev–Trinajstić information content (AvgIpc) is 2.84. The van der Waals surface area contributed by atoms with Gasteiger partial charge < -0.3 is 14.6 Å². The molecule has 0 saturated carbocycles. The summed E-state index contributed by atoms with van der Waals surface area (Å²) in [5.74, 6) is 1.48. The lowest BCUT2D eigenvalue weighted by Crippen LogP contribution is -2.13. The molecule has 4 nitrogen and oxygen atoms in total. The van der Waals surface area contributed by atoms with Crippen molar-refractivity contribution in [3.8, 4) is 5.75 Å². The Morgan fingerprint density at radius 2 is 1.95 bits per heavy atom. The zero-order valence-corrected chi connectivity index (χ0v) is 15.3. The second kappa shape index (κ2) is 7.96. The highest BCUT2D eigenvalue weighted by Crippen LogP contribution is 2.35. The maximum absolute atomic E-state index is 5.80. The maximum Gasteiger partial charge on any atom is 0.174 e. The molecule has 2 aromatic rings. The molecule has 0 spiro atoms. The smallest absolute Gasteiger partial charge is 0.174 e. The van der Waals surface area contributed by atoms with Gasteiger partial charge in [-0.05, 0) is 69.4 Å². The number of rotatable bonds is 7. The van der Waals surface area contributed by atoms with Crippen molar-refractivity contribution in [2.45, 2.75) is 33.4 Å². The summed E-state index contributed by atoms with van der Waals surface area (Å²) in [7, 11) is 0. The molecule has 1 aromatic carbocycles. The van der Waals surface area contributed by atoms with Crippen molar-refractivity contribution in [2.24, 2.45) is 0 Å². The van der Waals surface area contributed by atoms with Crippen LogP contribution >= 0.6 is 31.9 Å². The van der Waals surface area contributed by atoms with Gasteiger partial charge in [-0.1, -0.05) is 12.1 Å². The molecule has 0 unspecified atom stereocenters. The van der Waals surface area contributed by atoms with Crippen LogP contribution in [0.3, 0.4) is 0 Å². The predicted molar refractivity (Wildman–Crippen MR) is 89.4 cm³/mol. The first-order chi connectivity index (χ1) is 10.1. The summed E-state index contributed by atoms with van der Waals surface area (Å²) in [6.07, 6.45) is 1.13. The van der Waals surface area contributed by atoms with E-state index in [4.69, 9.17) is 9.26 Å². The Bertz CT molecular complexity index is 576. The van der Waals surface area contributed by atoms with Crippen molar-refractivity contribution in [3.05, 3.63) is 44.2 Å². The van der Waals surface area contributed by atoms with E-state index in [0.29, 0.717) is 12.4 Å². The Morgan fingerprint density at radius 3 is 2.52 bits per heavy atom. The normalized spacial score (nSPS) is 10.9. The van der Waals surface area contributed by atoms with E-state index < -0.39 is 0 Å². The fraction of sp³-hybridized carbons (Fsp3) is 0.400. The molecule has 1 aromatic heterocycles. The van der Waals surface area contributed by atoms with Crippen molar-refractivity contribution >= 4 is 31.9 Å². The lowest BCUT2D eigenvalue weighted by atomic mass is 10.2. The van der Waals surface area contributed by atoms with Gasteiger partial charge in [0, 0.05) is 12.6 Å². The number of nitrogens with one attached hydrogen (secondary N) is 1. The molecule has 0 aliphatic heterocycles. The van der Waals surface area contributed by atoms with Gasteiger partial charge in [0.2, 0.25) is 0 Å². The van der Waals surface area contributed by atoms with E-state index in [2.05, 4.69) is 61.4 Å². The predicted octanol–water partition coefficient (Wildman–Crippen LogP) is 4.59. The molecule has 114 valence electrons.